The smallest absolute Gasteiger partial charge is 0.292 e. The van der Waals surface area contributed by atoms with Crippen LogP contribution in [-0.2, 0) is 11.1 Å². The van der Waals surface area contributed by atoms with Gasteiger partial charge in [0.15, 0.2) is 16.7 Å². The van der Waals surface area contributed by atoms with Crippen LogP contribution >= 0.6 is 0 Å². The van der Waals surface area contributed by atoms with Gasteiger partial charge in [0.1, 0.15) is 5.52 Å². The van der Waals surface area contributed by atoms with Gasteiger partial charge in [0, 0.05) is 6.07 Å². The molecule has 1 aromatic heterocycles. The number of nitrogens with two attached hydrogens (primary N) is 1. The summed E-state index contributed by atoms with van der Waals surface area (Å²) in [6, 6.07) is 4.57. The first-order valence-corrected chi connectivity index (χ1v) is 4.54. The first-order chi connectivity index (χ1) is 6.16. The van der Waals surface area contributed by atoms with E-state index in [0.717, 1.165) is 0 Å². The summed E-state index contributed by atoms with van der Waals surface area (Å²) in [5.41, 5.74) is 6.29. The van der Waals surface area contributed by atoms with E-state index in [4.69, 9.17) is 14.7 Å². The molecular formula is C7H6N2O3S. The molecule has 1 heterocycles. The molecule has 0 bridgehead atoms. The molecule has 0 aliphatic carbocycles. The average Bonchev–Trinajstić information content (AvgIpc) is 2.42. The lowest BCUT2D eigenvalue weighted by atomic mass is 10.3. The highest BCUT2D eigenvalue weighted by atomic mass is 32.2. The van der Waals surface area contributed by atoms with Gasteiger partial charge in [0.25, 0.3) is 6.01 Å². The van der Waals surface area contributed by atoms with Crippen molar-refractivity contribution in [1.29, 1.82) is 0 Å². The van der Waals surface area contributed by atoms with Crippen molar-refractivity contribution in [3.63, 3.8) is 0 Å². The van der Waals surface area contributed by atoms with Crippen LogP contribution < -0.4 is 5.73 Å². The Bertz CT molecular complexity index is 480. The highest BCUT2D eigenvalue weighted by Crippen LogP contribution is 2.19. The molecule has 6 heteroatoms. The fraction of sp³-hybridized carbons (Fsp3) is 0. The lowest BCUT2D eigenvalue weighted by Gasteiger charge is -1.91. The van der Waals surface area contributed by atoms with Gasteiger partial charge >= 0.3 is 0 Å². The van der Waals surface area contributed by atoms with E-state index in [9.17, 15) is 4.21 Å². The lowest BCUT2D eigenvalue weighted by Crippen LogP contribution is -1.86. The van der Waals surface area contributed by atoms with Crippen LogP contribution in [0.1, 0.15) is 0 Å². The molecule has 0 saturated carbocycles. The summed E-state index contributed by atoms with van der Waals surface area (Å²) in [5.74, 6) is 0. The molecule has 5 nitrogen and oxygen atoms in total. The highest BCUT2D eigenvalue weighted by Gasteiger charge is 2.06. The Kier molecular flexibility index (Phi) is 1.78. The van der Waals surface area contributed by atoms with E-state index in [1.54, 1.807) is 6.07 Å². The molecular weight excluding hydrogens is 192 g/mol. The van der Waals surface area contributed by atoms with Crippen LogP contribution in [0, 0.1) is 0 Å². The molecule has 0 fully saturated rings. The Morgan fingerprint density at radius 1 is 1.54 bits per heavy atom. The summed E-state index contributed by atoms with van der Waals surface area (Å²) in [7, 11) is 0. The number of aromatic nitrogens is 1. The predicted molar refractivity (Wildman–Crippen MR) is 47.5 cm³/mol. The van der Waals surface area contributed by atoms with Gasteiger partial charge in [-0.2, -0.15) is 4.98 Å². The van der Waals surface area contributed by atoms with E-state index in [2.05, 4.69) is 4.98 Å². The maximum absolute atomic E-state index is 10.7. The van der Waals surface area contributed by atoms with Crippen molar-refractivity contribution in [1.82, 2.24) is 4.98 Å². The molecule has 0 amide bonds. The molecule has 13 heavy (non-hydrogen) atoms. The van der Waals surface area contributed by atoms with Gasteiger partial charge in [-0.05, 0) is 12.1 Å². The van der Waals surface area contributed by atoms with Crippen LogP contribution in [0.2, 0.25) is 0 Å². The van der Waals surface area contributed by atoms with Crippen molar-refractivity contribution in [2.75, 3.05) is 5.73 Å². The van der Waals surface area contributed by atoms with Gasteiger partial charge in [0.2, 0.25) is 0 Å². The SMILES string of the molecule is Nc1nc2ccc(S(=O)O)cc2o1. The molecule has 0 spiro atoms. The highest BCUT2D eigenvalue weighted by molar-refractivity contribution is 7.79. The van der Waals surface area contributed by atoms with Gasteiger partial charge in [-0.3, -0.25) is 0 Å². The standard InChI is InChI=1S/C7H6N2O3S/c8-7-9-5-2-1-4(13(10)11)3-6(5)12-7/h1-3H,(H2,8,9)(H,10,11). The van der Waals surface area contributed by atoms with Crippen molar-refractivity contribution >= 4 is 28.2 Å². The Morgan fingerprint density at radius 3 is 3.00 bits per heavy atom. The number of rotatable bonds is 1. The monoisotopic (exact) mass is 198 g/mol. The van der Waals surface area contributed by atoms with E-state index >= 15 is 0 Å². The Balaban J connectivity index is 2.67. The molecule has 1 aromatic carbocycles. The normalized spacial score (nSPS) is 13.3. The number of anilines is 1. The topological polar surface area (TPSA) is 89.3 Å². The molecule has 68 valence electrons. The minimum atomic E-state index is -2.00. The van der Waals surface area contributed by atoms with E-state index in [-0.39, 0.29) is 10.9 Å². The number of hydrogen-bond donors (Lipinski definition) is 2. The van der Waals surface area contributed by atoms with Crippen LogP contribution in [0.3, 0.4) is 0 Å². The van der Waals surface area contributed by atoms with E-state index in [0.29, 0.717) is 11.1 Å². The zero-order valence-corrected chi connectivity index (χ0v) is 7.25. The van der Waals surface area contributed by atoms with Crippen molar-refractivity contribution < 1.29 is 13.2 Å². The minimum Gasteiger partial charge on any atom is -0.424 e. The van der Waals surface area contributed by atoms with E-state index < -0.39 is 11.1 Å². The molecule has 2 aromatic rings. The molecule has 0 saturated heterocycles. The average molecular weight is 198 g/mol. The maximum atomic E-state index is 10.7. The first kappa shape index (κ1) is 8.21. The van der Waals surface area contributed by atoms with Crippen LogP contribution in [0.4, 0.5) is 6.01 Å². The zero-order chi connectivity index (χ0) is 9.42. The summed E-state index contributed by atoms with van der Waals surface area (Å²) in [4.78, 5) is 4.11. The summed E-state index contributed by atoms with van der Waals surface area (Å²) >= 11 is -2.00. The molecule has 1 atom stereocenters. The third-order valence-corrected chi connectivity index (χ3v) is 2.24. The zero-order valence-electron chi connectivity index (χ0n) is 6.43. The summed E-state index contributed by atoms with van der Waals surface area (Å²) in [6.45, 7) is 0. The van der Waals surface area contributed by atoms with Crippen LogP contribution in [-0.4, -0.2) is 13.7 Å². The quantitative estimate of drug-likeness (QED) is 0.667. The third-order valence-electron chi connectivity index (χ3n) is 1.58. The number of benzene rings is 1. The van der Waals surface area contributed by atoms with Crippen molar-refractivity contribution in [3.05, 3.63) is 18.2 Å². The fourth-order valence-electron chi connectivity index (χ4n) is 1.03. The number of nitrogens with zero attached hydrogens (tertiary/aromatic N) is 1. The van der Waals surface area contributed by atoms with Crippen molar-refractivity contribution in [3.8, 4) is 0 Å². The molecule has 0 aliphatic heterocycles. The van der Waals surface area contributed by atoms with Gasteiger partial charge in [-0.15, -0.1) is 0 Å². The second-order valence-corrected chi connectivity index (χ2v) is 3.40. The molecule has 2 rings (SSSR count). The summed E-state index contributed by atoms with van der Waals surface area (Å²) in [5, 5.41) is 0. The Labute approximate surface area is 75.8 Å². The van der Waals surface area contributed by atoms with Gasteiger partial charge < -0.3 is 14.7 Å². The first-order valence-electron chi connectivity index (χ1n) is 3.44. The van der Waals surface area contributed by atoms with E-state index in [1.807, 2.05) is 0 Å². The number of oxazole rings is 1. The number of hydrogen-bond acceptors (Lipinski definition) is 4. The molecule has 1 unspecified atom stereocenters. The fourth-order valence-corrected chi connectivity index (χ4v) is 1.42. The largest absolute Gasteiger partial charge is 0.424 e. The summed E-state index contributed by atoms with van der Waals surface area (Å²) < 4.78 is 24.4. The van der Waals surface area contributed by atoms with Gasteiger partial charge in [-0.25, -0.2) is 4.21 Å². The van der Waals surface area contributed by atoms with Crippen LogP contribution in [0.5, 0.6) is 0 Å². The second-order valence-electron chi connectivity index (χ2n) is 2.43. The molecule has 0 aliphatic rings. The van der Waals surface area contributed by atoms with Crippen molar-refractivity contribution in [2.45, 2.75) is 4.90 Å². The third kappa shape index (κ3) is 1.41. The maximum Gasteiger partial charge on any atom is 0.292 e. The predicted octanol–water partition coefficient (Wildman–Crippen LogP) is 0.991. The van der Waals surface area contributed by atoms with Gasteiger partial charge in [0.05, 0.1) is 4.90 Å². The summed E-state index contributed by atoms with van der Waals surface area (Å²) in [6.07, 6.45) is 0. The minimum absolute atomic E-state index is 0.0517. The Hall–Kier alpha value is -1.40. The molecule has 0 radical (unpaired) electrons. The number of fused-ring (bicyclic) bond motifs is 1. The van der Waals surface area contributed by atoms with Crippen LogP contribution in [0.25, 0.3) is 11.1 Å². The van der Waals surface area contributed by atoms with Crippen molar-refractivity contribution in [2.24, 2.45) is 0 Å². The van der Waals surface area contributed by atoms with Crippen LogP contribution in [0.15, 0.2) is 27.5 Å². The number of nitrogen functional groups attached to an aromatic ring is 1. The Morgan fingerprint density at radius 2 is 2.31 bits per heavy atom. The van der Waals surface area contributed by atoms with E-state index in [1.165, 1.54) is 12.1 Å². The second kappa shape index (κ2) is 2.82. The lowest BCUT2D eigenvalue weighted by molar-refractivity contribution is 0.563. The van der Waals surface area contributed by atoms with Gasteiger partial charge in [-0.1, -0.05) is 0 Å². The molecule has 3 N–H and O–H groups in total.